The number of hydrogen-bond donors (Lipinski definition) is 3. The molecule has 108 valence electrons. The second-order valence-corrected chi connectivity index (χ2v) is 5.83. The predicted molar refractivity (Wildman–Crippen MR) is 71.8 cm³/mol. The van der Waals surface area contributed by atoms with E-state index in [1.807, 2.05) is 0 Å². The minimum atomic E-state index is -0.733. The minimum Gasteiger partial charge on any atom is -0.481 e. The standard InChI is InChI=1S/C14H24N2O3/c17-13(9-15-11-5-1-2-6-11)16-12-7-3-4-10(8-12)14(18)19/h10-12,15H,1-9H2,(H,16,17)(H,18,19). The highest BCUT2D eigenvalue weighted by atomic mass is 16.4. The van der Waals surface area contributed by atoms with Gasteiger partial charge in [0.25, 0.3) is 0 Å². The molecule has 0 aliphatic heterocycles. The average molecular weight is 268 g/mol. The molecule has 0 radical (unpaired) electrons. The molecule has 0 heterocycles. The van der Waals surface area contributed by atoms with E-state index in [2.05, 4.69) is 10.6 Å². The van der Waals surface area contributed by atoms with Crippen LogP contribution in [-0.4, -0.2) is 35.6 Å². The van der Waals surface area contributed by atoms with Crippen molar-refractivity contribution in [2.45, 2.75) is 63.5 Å². The fourth-order valence-corrected chi connectivity index (χ4v) is 3.19. The van der Waals surface area contributed by atoms with Gasteiger partial charge < -0.3 is 15.7 Å². The van der Waals surface area contributed by atoms with E-state index in [1.165, 1.54) is 12.8 Å². The summed E-state index contributed by atoms with van der Waals surface area (Å²) >= 11 is 0. The van der Waals surface area contributed by atoms with Crippen molar-refractivity contribution in [1.29, 1.82) is 0 Å². The maximum Gasteiger partial charge on any atom is 0.306 e. The van der Waals surface area contributed by atoms with Gasteiger partial charge in [-0.3, -0.25) is 9.59 Å². The quantitative estimate of drug-likeness (QED) is 0.702. The molecule has 5 nitrogen and oxygen atoms in total. The number of carboxylic acid groups (broad SMARTS) is 1. The van der Waals surface area contributed by atoms with Gasteiger partial charge in [-0.1, -0.05) is 19.3 Å². The summed E-state index contributed by atoms with van der Waals surface area (Å²) in [5.74, 6) is -1.02. The Kier molecular flexibility index (Phi) is 5.19. The number of rotatable bonds is 5. The van der Waals surface area contributed by atoms with Crippen LogP contribution >= 0.6 is 0 Å². The molecule has 0 aromatic carbocycles. The number of carboxylic acids is 1. The summed E-state index contributed by atoms with van der Waals surface area (Å²) in [5.41, 5.74) is 0. The molecular weight excluding hydrogens is 244 g/mol. The Morgan fingerprint density at radius 2 is 1.68 bits per heavy atom. The second kappa shape index (κ2) is 6.89. The molecule has 2 rings (SSSR count). The lowest BCUT2D eigenvalue weighted by Gasteiger charge is -2.27. The van der Waals surface area contributed by atoms with Crippen molar-refractivity contribution in [3.05, 3.63) is 0 Å². The fraction of sp³-hybridized carbons (Fsp3) is 0.857. The third kappa shape index (κ3) is 4.49. The van der Waals surface area contributed by atoms with E-state index in [0.717, 1.165) is 32.1 Å². The second-order valence-electron chi connectivity index (χ2n) is 5.83. The lowest BCUT2D eigenvalue weighted by molar-refractivity contribution is -0.143. The predicted octanol–water partition coefficient (Wildman–Crippen LogP) is 1.28. The van der Waals surface area contributed by atoms with Crippen LogP contribution in [-0.2, 0) is 9.59 Å². The molecule has 2 atom stereocenters. The van der Waals surface area contributed by atoms with Crippen molar-refractivity contribution in [3.8, 4) is 0 Å². The van der Waals surface area contributed by atoms with Gasteiger partial charge in [0.05, 0.1) is 12.5 Å². The fourth-order valence-electron chi connectivity index (χ4n) is 3.19. The summed E-state index contributed by atoms with van der Waals surface area (Å²) in [6, 6.07) is 0.525. The van der Waals surface area contributed by atoms with Gasteiger partial charge in [-0.2, -0.15) is 0 Å². The normalized spacial score (nSPS) is 28.2. The zero-order valence-corrected chi connectivity index (χ0v) is 11.4. The number of hydrogen-bond acceptors (Lipinski definition) is 3. The molecule has 2 unspecified atom stereocenters. The van der Waals surface area contributed by atoms with E-state index in [9.17, 15) is 9.59 Å². The van der Waals surface area contributed by atoms with Crippen LogP contribution in [0.5, 0.6) is 0 Å². The number of carbonyl (C=O) groups excluding carboxylic acids is 1. The van der Waals surface area contributed by atoms with Crippen LogP contribution < -0.4 is 10.6 Å². The summed E-state index contributed by atoms with van der Waals surface area (Å²) in [5, 5.41) is 15.3. The smallest absolute Gasteiger partial charge is 0.306 e. The van der Waals surface area contributed by atoms with E-state index < -0.39 is 5.97 Å². The lowest BCUT2D eigenvalue weighted by atomic mass is 9.86. The van der Waals surface area contributed by atoms with Crippen LogP contribution in [0.15, 0.2) is 0 Å². The Morgan fingerprint density at radius 3 is 2.37 bits per heavy atom. The molecule has 2 saturated carbocycles. The topological polar surface area (TPSA) is 78.4 Å². The van der Waals surface area contributed by atoms with Crippen molar-refractivity contribution in [1.82, 2.24) is 10.6 Å². The first-order chi connectivity index (χ1) is 9.15. The van der Waals surface area contributed by atoms with E-state index in [1.54, 1.807) is 0 Å². The minimum absolute atomic E-state index is 0.00272. The molecule has 2 aliphatic carbocycles. The summed E-state index contributed by atoms with van der Waals surface area (Å²) in [6.45, 7) is 0.360. The molecule has 3 N–H and O–H groups in total. The van der Waals surface area contributed by atoms with Gasteiger partial charge in [-0.15, -0.1) is 0 Å². The van der Waals surface area contributed by atoms with Gasteiger partial charge in [-0.25, -0.2) is 0 Å². The first-order valence-corrected chi connectivity index (χ1v) is 7.40. The monoisotopic (exact) mass is 268 g/mol. The van der Waals surface area contributed by atoms with Crippen molar-refractivity contribution >= 4 is 11.9 Å². The van der Waals surface area contributed by atoms with E-state index in [4.69, 9.17) is 5.11 Å². The Balaban J connectivity index is 1.67. The third-order valence-corrected chi connectivity index (χ3v) is 4.30. The molecule has 0 aromatic heterocycles. The first-order valence-electron chi connectivity index (χ1n) is 7.40. The van der Waals surface area contributed by atoms with Crippen LogP contribution in [0.3, 0.4) is 0 Å². The molecule has 2 fully saturated rings. The van der Waals surface area contributed by atoms with Crippen LogP contribution in [0, 0.1) is 5.92 Å². The number of amides is 1. The lowest BCUT2D eigenvalue weighted by Crippen LogP contribution is -2.45. The van der Waals surface area contributed by atoms with Crippen LogP contribution in [0.2, 0.25) is 0 Å². The van der Waals surface area contributed by atoms with E-state index >= 15 is 0 Å². The van der Waals surface area contributed by atoms with Gasteiger partial charge in [-0.05, 0) is 32.1 Å². The highest BCUT2D eigenvalue weighted by Crippen LogP contribution is 2.24. The summed E-state index contributed by atoms with van der Waals surface area (Å²) < 4.78 is 0. The molecular formula is C14H24N2O3. The molecule has 0 spiro atoms. The summed E-state index contributed by atoms with van der Waals surface area (Å²) in [7, 11) is 0. The Morgan fingerprint density at radius 1 is 1.00 bits per heavy atom. The SMILES string of the molecule is O=C(CNC1CCCC1)NC1CCCC(C(=O)O)C1. The molecule has 0 aromatic rings. The molecule has 19 heavy (non-hydrogen) atoms. The highest BCUT2D eigenvalue weighted by molar-refractivity contribution is 5.78. The average Bonchev–Trinajstić information content (AvgIpc) is 2.90. The zero-order chi connectivity index (χ0) is 13.7. The van der Waals surface area contributed by atoms with Crippen molar-refractivity contribution in [2.24, 2.45) is 5.92 Å². The molecule has 0 saturated heterocycles. The van der Waals surface area contributed by atoms with Gasteiger partial charge in [0, 0.05) is 12.1 Å². The molecule has 1 amide bonds. The van der Waals surface area contributed by atoms with E-state index in [0.29, 0.717) is 19.0 Å². The van der Waals surface area contributed by atoms with Crippen molar-refractivity contribution in [3.63, 3.8) is 0 Å². The zero-order valence-electron chi connectivity index (χ0n) is 11.4. The van der Waals surface area contributed by atoms with Crippen LogP contribution in [0.1, 0.15) is 51.4 Å². The van der Waals surface area contributed by atoms with Crippen LogP contribution in [0.4, 0.5) is 0 Å². The Hall–Kier alpha value is -1.10. The summed E-state index contributed by atoms with van der Waals surface area (Å²) in [6.07, 6.45) is 7.93. The third-order valence-electron chi connectivity index (χ3n) is 4.30. The molecule has 2 aliphatic rings. The maximum absolute atomic E-state index is 11.8. The Labute approximate surface area is 114 Å². The largest absolute Gasteiger partial charge is 0.481 e. The van der Waals surface area contributed by atoms with Gasteiger partial charge in [0.15, 0.2) is 0 Å². The van der Waals surface area contributed by atoms with Crippen LogP contribution in [0.25, 0.3) is 0 Å². The molecule has 0 bridgehead atoms. The molecule has 5 heteroatoms. The number of nitrogens with one attached hydrogen (secondary N) is 2. The van der Waals surface area contributed by atoms with Crippen molar-refractivity contribution in [2.75, 3.05) is 6.54 Å². The number of carbonyl (C=O) groups is 2. The van der Waals surface area contributed by atoms with Gasteiger partial charge >= 0.3 is 5.97 Å². The maximum atomic E-state index is 11.8. The van der Waals surface area contributed by atoms with E-state index in [-0.39, 0.29) is 17.9 Å². The highest BCUT2D eigenvalue weighted by Gasteiger charge is 2.27. The summed E-state index contributed by atoms with van der Waals surface area (Å²) in [4.78, 5) is 22.8. The van der Waals surface area contributed by atoms with Crippen molar-refractivity contribution < 1.29 is 14.7 Å². The first kappa shape index (κ1) is 14.3. The Bertz CT molecular complexity index is 327. The van der Waals surface area contributed by atoms with Gasteiger partial charge in [0.2, 0.25) is 5.91 Å². The number of aliphatic carboxylic acids is 1. The van der Waals surface area contributed by atoms with Gasteiger partial charge in [0.1, 0.15) is 0 Å².